The van der Waals surface area contributed by atoms with Crippen molar-refractivity contribution in [1.29, 1.82) is 0 Å². The molecule has 0 radical (unpaired) electrons. The van der Waals surface area contributed by atoms with Crippen molar-refractivity contribution in [3.05, 3.63) is 47.8 Å². The molecular weight excluding hydrogens is 266 g/mol. The fraction of sp³-hybridized carbons (Fsp3) is 0.375. The van der Waals surface area contributed by atoms with E-state index in [2.05, 4.69) is 14.9 Å². The number of ether oxygens (including phenoxy) is 1. The summed E-state index contributed by atoms with van der Waals surface area (Å²) in [5, 5.41) is 10.1. The number of rotatable bonds is 3. The number of aryl methyl sites for hydroxylation is 1. The van der Waals surface area contributed by atoms with Crippen LogP contribution in [0.3, 0.4) is 0 Å². The first kappa shape index (κ1) is 13.8. The Morgan fingerprint density at radius 2 is 2.19 bits per heavy atom. The highest BCUT2D eigenvalue weighted by Crippen LogP contribution is 2.35. The van der Waals surface area contributed by atoms with Gasteiger partial charge in [-0.3, -0.25) is 0 Å². The zero-order valence-corrected chi connectivity index (χ0v) is 12.2. The highest BCUT2D eigenvalue weighted by atomic mass is 16.5. The SMILES string of the molecule is COc1cccc([C@H]2C[C@H](O)CN2c2nccc(C)n2)c1. The van der Waals surface area contributed by atoms with Crippen LogP contribution in [0.2, 0.25) is 0 Å². The Kier molecular flexibility index (Phi) is 3.75. The molecule has 0 bridgehead atoms. The molecule has 2 atom stereocenters. The van der Waals surface area contributed by atoms with Crippen molar-refractivity contribution >= 4 is 5.95 Å². The molecule has 2 heterocycles. The van der Waals surface area contributed by atoms with Crippen molar-refractivity contribution in [2.45, 2.75) is 25.5 Å². The summed E-state index contributed by atoms with van der Waals surface area (Å²) in [6, 6.07) is 9.88. The Morgan fingerprint density at radius 1 is 1.33 bits per heavy atom. The molecule has 1 aliphatic rings. The third-order valence-electron chi connectivity index (χ3n) is 3.80. The molecule has 3 rings (SSSR count). The highest BCUT2D eigenvalue weighted by Gasteiger charge is 2.33. The number of aliphatic hydroxyl groups is 1. The van der Waals surface area contributed by atoms with Crippen LogP contribution in [0, 0.1) is 6.92 Å². The normalized spacial score (nSPS) is 21.6. The topological polar surface area (TPSA) is 58.5 Å². The molecule has 1 aromatic heterocycles. The third kappa shape index (κ3) is 2.83. The number of aliphatic hydroxyl groups excluding tert-OH is 1. The molecule has 5 nitrogen and oxygen atoms in total. The predicted molar refractivity (Wildman–Crippen MR) is 80.5 cm³/mol. The van der Waals surface area contributed by atoms with Crippen LogP contribution < -0.4 is 9.64 Å². The van der Waals surface area contributed by atoms with E-state index in [0.29, 0.717) is 18.9 Å². The van der Waals surface area contributed by atoms with Gasteiger partial charge in [0.2, 0.25) is 5.95 Å². The molecule has 0 aliphatic carbocycles. The smallest absolute Gasteiger partial charge is 0.226 e. The van der Waals surface area contributed by atoms with Gasteiger partial charge in [-0.25, -0.2) is 9.97 Å². The molecule has 1 fully saturated rings. The maximum atomic E-state index is 10.1. The van der Waals surface area contributed by atoms with Gasteiger partial charge in [-0.2, -0.15) is 0 Å². The summed E-state index contributed by atoms with van der Waals surface area (Å²) in [7, 11) is 1.66. The fourth-order valence-corrected chi connectivity index (χ4v) is 2.77. The number of hydrogen-bond donors (Lipinski definition) is 1. The standard InChI is InChI=1S/C16H19N3O2/c1-11-6-7-17-16(18-11)19-10-13(20)9-15(19)12-4-3-5-14(8-12)21-2/h3-8,13,15,20H,9-10H2,1-2H3/t13-,15+/m0/s1. The van der Waals surface area contributed by atoms with Gasteiger partial charge in [0, 0.05) is 18.4 Å². The minimum absolute atomic E-state index is 0.0666. The van der Waals surface area contributed by atoms with Crippen LogP contribution in [-0.4, -0.2) is 34.8 Å². The van der Waals surface area contributed by atoms with E-state index in [4.69, 9.17) is 4.74 Å². The van der Waals surface area contributed by atoms with E-state index < -0.39 is 0 Å². The zero-order valence-electron chi connectivity index (χ0n) is 12.2. The summed E-state index contributed by atoms with van der Waals surface area (Å²) in [5.41, 5.74) is 2.03. The van der Waals surface area contributed by atoms with Crippen molar-refractivity contribution in [2.75, 3.05) is 18.6 Å². The van der Waals surface area contributed by atoms with Gasteiger partial charge >= 0.3 is 0 Å². The lowest BCUT2D eigenvalue weighted by Gasteiger charge is -2.25. The molecule has 0 unspecified atom stereocenters. The number of anilines is 1. The molecule has 5 heteroatoms. The lowest BCUT2D eigenvalue weighted by Crippen LogP contribution is -2.26. The molecule has 1 saturated heterocycles. The van der Waals surface area contributed by atoms with E-state index in [1.54, 1.807) is 13.3 Å². The molecule has 1 aliphatic heterocycles. The van der Waals surface area contributed by atoms with Crippen LogP contribution in [0.5, 0.6) is 5.75 Å². The molecule has 0 saturated carbocycles. The van der Waals surface area contributed by atoms with E-state index in [1.165, 1.54) is 0 Å². The van der Waals surface area contributed by atoms with Crippen LogP contribution in [0.25, 0.3) is 0 Å². The van der Waals surface area contributed by atoms with E-state index >= 15 is 0 Å². The Balaban J connectivity index is 1.95. The lowest BCUT2D eigenvalue weighted by atomic mass is 10.0. The molecule has 110 valence electrons. The van der Waals surface area contributed by atoms with Crippen molar-refractivity contribution in [2.24, 2.45) is 0 Å². The van der Waals surface area contributed by atoms with Gasteiger partial charge in [-0.05, 0) is 37.1 Å². The molecular formula is C16H19N3O2. The van der Waals surface area contributed by atoms with Crippen molar-refractivity contribution in [3.8, 4) is 5.75 Å². The second-order valence-corrected chi connectivity index (χ2v) is 5.33. The summed E-state index contributed by atoms with van der Waals surface area (Å²) < 4.78 is 5.29. The second-order valence-electron chi connectivity index (χ2n) is 5.33. The molecule has 21 heavy (non-hydrogen) atoms. The number of methoxy groups -OCH3 is 1. The average Bonchev–Trinajstić information content (AvgIpc) is 2.89. The number of aromatic nitrogens is 2. The van der Waals surface area contributed by atoms with Gasteiger partial charge in [0.05, 0.1) is 19.3 Å². The number of benzene rings is 1. The molecule has 1 N–H and O–H groups in total. The van der Waals surface area contributed by atoms with Gasteiger partial charge in [0.15, 0.2) is 0 Å². The fourth-order valence-electron chi connectivity index (χ4n) is 2.77. The van der Waals surface area contributed by atoms with Gasteiger partial charge in [-0.1, -0.05) is 12.1 Å². The molecule has 2 aromatic rings. The first-order chi connectivity index (χ1) is 10.2. The van der Waals surface area contributed by atoms with Crippen LogP contribution in [0.4, 0.5) is 5.95 Å². The Morgan fingerprint density at radius 3 is 2.95 bits per heavy atom. The monoisotopic (exact) mass is 285 g/mol. The summed E-state index contributed by atoms with van der Waals surface area (Å²) in [6.45, 7) is 2.49. The second kappa shape index (κ2) is 5.69. The maximum Gasteiger partial charge on any atom is 0.226 e. The molecule has 1 aromatic carbocycles. The lowest BCUT2D eigenvalue weighted by molar-refractivity contribution is 0.194. The van der Waals surface area contributed by atoms with E-state index in [9.17, 15) is 5.11 Å². The Bertz CT molecular complexity index is 632. The number of nitrogens with zero attached hydrogens (tertiary/aromatic N) is 3. The van der Waals surface area contributed by atoms with Crippen molar-refractivity contribution in [1.82, 2.24) is 9.97 Å². The summed E-state index contributed by atoms with van der Waals surface area (Å²) in [4.78, 5) is 10.9. The van der Waals surface area contributed by atoms with E-state index in [0.717, 1.165) is 17.0 Å². The van der Waals surface area contributed by atoms with Gasteiger partial charge in [0.25, 0.3) is 0 Å². The molecule has 0 spiro atoms. The highest BCUT2D eigenvalue weighted by molar-refractivity contribution is 5.41. The van der Waals surface area contributed by atoms with Gasteiger partial charge < -0.3 is 14.7 Å². The number of β-amino-alcohol motifs (C(OH)–C–C–N with tert-alkyl or cyclic N) is 1. The van der Waals surface area contributed by atoms with Crippen LogP contribution in [0.15, 0.2) is 36.5 Å². The first-order valence-electron chi connectivity index (χ1n) is 7.05. The summed E-state index contributed by atoms with van der Waals surface area (Å²) in [6.07, 6.45) is 2.06. The van der Waals surface area contributed by atoms with E-state index in [1.807, 2.05) is 37.3 Å². The third-order valence-corrected chi connectivity index (χ3v) is 3.80. The van der Waals surface area contributed by atoms with Crippen LogP contribution in [0.1, 0.15) is 23.7 Å². The van der Waals surface area contributed by atoms with Gasteiger partial charge in [0.1, 0.15) is 5.75 Å². The van der Waals surface area contributed by atoms with Crippen molar-refractivity contribution in [3.63, 3.8) is 0 Å². The van der Waals surface area contributed by atoms with Gasteiger partial charge in [-0.15, -0.1) is 0 Å². The van der Waals surface area contributed by atoms with Crippen LogP contribution >= 0.6 is 0 Å². The first-order valence-corrected chi connectivity index (χ1v) is 7.05. The minimum Gasteiger partial charge on any atom is -0.497 e. The summed E-state index contributed by atoms with van der Waals surface area (Å²) >= 11 is 0. The Hall–Kier alpha value is -2.14. The van der Waals surface area contributed by atoms with E-state index in [-0.39, 0.29) is 12.1 Å². The maximum absolute atomic E-state index is 10.1. The average molecular weight is 285 g/mol. The summed E-state index contributed by atoms with van der Waals surface area (Å²) in [5.74, 6) is 1.48. The number of hydrogen-bond acceptors (Lipinski definition) is 5. The minimum atomic E-state index is -0.370. The molecule has 0 amide bonds. The zero-order chi connectivity index (χ0) is 14.8. The van der Waals surface area contributed by atoms with Crippen molar-refractivity contribution < 1.29 is 9.84 Å². The van der Waals surface area contributed by atoms with Crippen LogP contribution in [-0.2, 0) is 0 Å². The quantitative estimate of drug-likeness (QED) is 0.936. The Labute approximate surface area is 124 Å². The largest absolute Gasteiger partial charge is 0.497 e. The predicted octanol–water partition coefficient (Wildman–Crippen LogP) is 2.11.